The van der Waals surface area contributed by atoms with E-state index in [4.69, 9.17) is 0 Å². The van der Waals surface area contributed by atoms with Gasteiger partial charge in [-0.3, -0.25) is 19.4 Å². The van der Waals surface area contributed by atoms with E-state index in [0.29, 0.717) is 11.4 Å². The number of hydrogen-bond acceptors (Lipinski definition) is 3. The van der Waals surface area contributed by atoms with Crippen molar-refractivity contribution in [2.45, 2.75) is 19.9 Å². The summed E-state index contributed by atoms with van der Waals surface area (Å²) in [7, 11) is 0. The Balaban J connectivity index is 1.74. The van der Waals surface area contributed by atoms with E-state index in [1.807, 2.05) is 25.1 Å². The van der Waals surface area contributed by atoms with Crippen LogP contribution in [0.25, 0.3) is 0 Å². The number of nitrogens with zero attached hydrogens (tertiary/aromatic N) is 2. The molecule has 2 aromatic carbocycles. The van der Waals surface area contributed by atoms with Gasteiger partial charge >= 0.3 is 6.03 Å². The van der Waals surface area contributed by atoms with E-state index < -0.39 is 18.0 Å². The topological polar surface area (TPSA) is 69.7 Å². The molecule has 1 saturated heterocycles. The smallest absolute Gasteiger partial charge is 0.325 e. The summed E-state index contributed by atoms with van der Waals surface area (Å²) in [5.74, 6) is -0.792. The first-order valence-corrected chi connectivity index (χ1v) is 8.03. The third-order valence-corrected chi connectivity index (χ3v) is 4.12. The van der Waals surface area contributed by atoms with E-state index >= 15 is 0 Å². The van der Waals surface area contributed by atoms with Crippen LogP contribution in [0.5, 0.6) is 0 Å². The molecule has 0 aliphatic carbocycles. The van der Waals surface area contributed by atoms with E-state index in [1.165, 1.54) is 4.90 Å². The lowest BCUT2D eigenvalue weighted by Crippen LogP contribution is -2.39. The number of amides is 4. The van der Waals surface area contributed by atoms with Crippen LogP contribution < -0.4 is 10.2 Å². The molecule has 128 valence electrons. The first kappa shape index (κ1) is 16.7. The highest BCUT2D eigenvalue weighted by Gasteiger charge is 2.43. The number of hydrogen-bond donors (Lipinski definition) is 1. The quantitative estimate of drug-likeness (QED) is 0.872. The predicted molar refractivity (Wildman–Crippen MR) is 95.3 cm³/mol. The van der Waals surface area contributed by atoms with Crippen LogP contribution in [-0.2, 0) is 9.59 Å². The zero-order chi connectivity index (χ0) is 18.0. The minimum atomic E-state index is -0.639. The van der Waals surface area contributed by atoms with E-state index in [0.717, 1.165) is 10.5 Å². The maximum absolute atomic E-state index is 12.7. The van der Waals surface area contributed by atoms with Gasteiger partial charge in [0.15, 0.2) is 0 Å². The minimum absolute atomic E-state index is 0.306. The van der Waals surface area contributed by atoms with Crippen molar-refractivity contribution in [3.63, 3.8) is 0 Å². The number of aryl methyl sites for hydroxylation is 1. The molecule has 0 radical (unpaired) electrons. The lowest BCUT2D eigenvalue weighted by Gasteiger charge is -2.19. The highest BCUT2D eigenvalue weighted by Crippen LogP contribution is 2.26. The van der Waals surface area contributed by atoms with Crippen molar-refractivity contribution in [3.05, 3.63) is 60.2 Å². The average molecular weight is 337 g/mol. The second kappa shape index (κ2) is 6.76. The third-order valence-electron chi connectivity index (χ3n) is 4.12. The molecule has 0 saturated carbocycles. The molecule has 0 aromatic heterocycles. The Labute approximate surface area is 146 Å². The zero-order valence-electron chi connectivity index (χ0n) is 14.1. The molecule has 1 unspecified atom stereocenters. The molecule has 1 heterocycles. The van der Waals surface area contributed by atoms with Gasteiger partial charge in [-0.25, -0.2) is 4.79 Å². The van der Waals surface area contributed by atoms with E-state index in [2.05, 4.69) is 5.32 Å². The molecule has 1 atom stereocenters. The standard InChI is InChI=1S/C19H19N3O3/c1-13-8-10-16(11-9-13)22-14(2)18(24)21(19(22)25)12-17(23)20-15-6-4-3-5-7-15/h3-11,14H,12H2,1-2H3,(H,20,23). The maximum Gasteiger partial charge on any atom is 0.332 e. The molecule has 6 heteroatoms. The highest BCUT2D eigenvalue weighted by atomic mass is 16.2. The Kier molecular flexibility index (Phi) is 4.52. The Morgan fingerprint density at radius 2 is 1.68 bits per heavy atom. The molecule has 1 fully saturated rings. The van der Waals surface area contributed by atoms with Gasteiger partial charge in [0.05, 0.1) is 0 Å². The second-order valence-electron chi connectivity index (χ2n) is 6.00. The second-order valence-corrected chi connectivity index (χ2v) is 6.00. The summed E-state index contributed by atoms with van der Waals surface area (Å²) >= 11 is 0. The third kappa shape index (κ3) is 3.38. The normalized spacial score (nSPS) is 17.1. The van der Waals surface area contributed by atoms with Crippen molar-refractivity contribution in [3.8, 4) is 0 Å². The zero-order valence-corrected chi connectivity index (χ0v) is 14.1. The number of carbonyl (C=O) groups is 3. The number of urea groups is 1. The van der Waals surface area contributed by atoms with Crippen LogP contribution in [0.2, 0.25) is 0 Å². The van der Waals surface area contributed by atoms with Crippen molar-refractivity contribution in [1.82, 2.24) is 4.90 Å². The first-order valence-electron chi connectivity index (χ1n) is 8.03. The van der Waals surface area contributed by atoms with Gasteiger partial charge in [0, 0.05) is 11.4 Å². The van der Waals surface area contributed by atoms with Crippen molar-refractivity contribution >= 4 is 29.2 Å². The number of para-hydroxylation sites is 1. The Bertz CT molecular complexity index is 802. The molecule has 1 aliphatic rings. The van der Waals surface area contributed by atoms with Gasteiger partial charge < -0.3 is 5.32 Å². The van der Waals surface area contributed by atoms with Crippen LogP contribution in [-0.4, -0.2) is 35.3 Å². The molecule has 1 aliphatic heterocycles. The molecule has 25 heavy (non-hydrogen) atoms. The summed E-state index contributed by atoms with van der Waals surface area (Å²) in [6, 6.07) is 15.1. The molecular weight excluding hydrogens is 318 g/mol. The van der Waals surface area contributed by atoms with Gasteiger partial charge in [0.1, 0.15) is 12.6 Å². The van der Waals surface area contributed by atoms with Gasteiger partial charge in [-0.15, -0.1) is 0 Å². The van der Waals surface area contributed by atoms with Gasteiger partial charge in [0.25, 0.3) is 5.91 Å². The predicted octanol–water partition coefficient (Wildman–Crippen LogP) is 2.79. The Morgan fingerprint density at radius 1 is 1.04 bits per heavy atom. The number of benzene rings is 2. The van der Waals surface area contributed by atoms with E-state index in [9.17, 15) is 14.4 Å². The molecule has 2 aromatic rings. The summed E-state index contributed by atoms with van der Waals surface area (Å²) in [6.45, 7) is 3.30. The number of nitrogens with one attached hydrogen (secondary N) is 1. The Hall–Kier alpha value is -3.15. The molecule has 3 rings (SSSR count). The summed E-state index contributed by atoms with van der Waals surface area (Å²) in [5.41, 5.74) is 2.32. The molecule has 4 amide bonds. The summed E-state index contributed by atoms with van der Waals surface area (Å²) in [5, 5.41) is 2.68. The fourth-order valence-corrected chi connectivity index (χ4v) is 2.78. The van der Waals surface area contributed by atoms with Crippen molar-refractivity contribution in [1.29, 1.82) is 0 Å². The summed E-state index contributed by atoms with van der Waals surface area (Å²) in [4.78, 5) is 39.7. The highest BCUT2D eigenvalue weighted by molar-refractivity contribution is 6.16. The lowest BCUT2D eigenvalue weighted by molar-refractivity contribution is -0.130. The number of carbonyl (C=O) groups excluding carboxylic acids is 3. The largest absolute Gasteiger partial charge is 0.332 e. The van der Waals surface area contributed by atoms with Crippen LogP contribution in [0.4, 0.5) is 16.2 Å². The lowest BCUT2D eigenvalue weighted by atomic mass is 10.2. The van der Waals surface area contributed by atoms with Crippen LogP contribution in [0.15, 0.2) is 54.6 Å². The SMILES string of the molecule is Cc1ccc(N2C(=O)N(CC(=O)Nc3ccccc3)C(=O)C2C)cc1. The van der Waals surface area contributed by atoms with Crippen LogP contribution in [0.1, 0.15) is 12.5 Å². The fourth-order valence-electron chi connectivity index (χ4n) is 2.78. The number of imide groups is 1. The molecule has 0 spiro atoms. The fraction of sp³-hybridized carbons (Fsp3) is 0.211. The molecule has 0 bridgehead atoms. The monoisotopic (exact) mass is 337 g/mol. The summed E-state index contributed by atoms with van der Waals surface area (Å²) < 4.78 is 0. The van der Waals surface area contributed by atoms with E-state index in [-0.39, 0.29) is 12.5 Å². The minimum Gasteiger partial charge on any atom is -0.325 e. The van der Waals surface area contributed by atoms with Crippen LogP contribution >= 0.6 is 0 Å². The van der Waals surface area contributed by atoms with E-state index in [1.54, 1.807) is 43.3 Å². The number of rotatable bonds is 4. The van der Waals surface area contributed by atoms with Crippen molar-refractivity contribution in [2.75, 3.05) is 16.8 Å². The van der Waals surface area contributed by atoms with Gasteiger partial charge in [-0.2, -0.15) is 0 Å². The van der Waals surface area contributed by atoms with Crippen molar-refractivity contribution < 1.29 is 14.4 Å². The van der Waals surface area contributed by atoms with Gasteiger partial charge in [-0.1, -0.05) is 35.9 Å². The van der Waals surface area contributed by atoms with Gasteiger partial charge in [0.2, 0.25) is 5.91 Å². The number of anilines is 2. The molecule has 6 nitrogen and oxygen atoms in total. The molecular formula is C19H19N3O3. The average Bonchev–Trinajstić information content (AvgIpc) is 2.80. The maximum atomic E-state index is 12.7. The first-order chi connectivity index (χ1) is 12.0. The van der Waals surface area contributed by atoms with Gasteiger partial charge in [-0.05, 0) is 38.1 Å². The summed E-state index contributed by atoms with van der Waals surface area (Å²) in [6.07, 6.45) is 0. The van der Waals surface area contributed by atoms with Crippen LogP contribution in [0, 0.1) is 6.92 Å². The molecule has 1 N–H and O–H groups in total. The Morgan fingerprint density at radius 3 is 2.32 bits per heavy atom. The van der Waals surface area contributed by atoms with Crippen LogP contribution in [0.3, 0.4) is 0 Å². The van der Waals surface area contributed by atoms with Crippen molar-refractivity contribution in [2.24, 2.45) is 0 Å².